The molecular formula is C12H17N3O2. The minimum atomic E-state index is 0.329. The number of nitrogens with zero attached hydrogens (tertiary/aromatic N) is 2. The van der Waals surface area contributed by atoms with E-state index in [1.165, 1.54) is 6.42 Å². The summed E-state index contributed by atoms with van der Waals surface area (Å²) in [6.45, 7) is 1.94. The zero-order valence-electron chi connectivity index (χ0n) is 10.1. The van der Waals surface area contributed by atoms with Gasteiger partial charge in [0, 0.05) is 11.8 Å². The van der Waals surface area contributed by atoms with Crippen LogP contribution in [0.5, 0.6) is 5.88 Å². The first-order chi connectivity index (χ1) is 8.24. The summed E-state index contributed by atoms with van der Waals surface area (Å²) in [5, 5.41) is 3.36. The van der Waals surface area contributed by atoms with E-state index in [9.17, 15) is 0 Å². The van der Waals surface area contributed by atoms with E-state index in [0.717, 1.165) is 18.5 Å². The number of ether oxygens (including phenoxy) is 2. The van der Waals surface area contributed by atoms with E-state index >= 15 is 0 Å². The number of hydrogen-bond donors (Lipinski definition) is 1. The number of hydrogen-bond acceptors (Lipinski definition) is 5. The number of aryl methyl sites for hydroxylation is 1. The van der Waals surface area contributed by atoms with Crippen molar-refractivity contribution >= 4 is 5.95 Å². The fourth-order valence-electron chi connectivity index (χ4n) is 2.66. The molecule has 17 heavy (non-hydrogen) atoms. The molecule has 5 heteroatoms. The molecule has 0 aromatic carbocycles. The Morgan fingerprint density at radius 2 is 2.29 bits per heavy atom. The van der Waals surface area contributed by atoms with Gasteiger partial charge in [-0.05, 0) is 26.2 Å². The van der Waals surface area contributed by atoms with Crippen molar-refractivity contribution in [2.24, 2.45) is 0 Å². The summed E-state index contributed by atoms with van der Waals surface area (Å²) >= 11 is 0. The first-order valence-electron chi connectivity index (χ1n) is 6.06. The molecule has 1 aromatic heterocycles. The number of nitrogens with one attached hydrogen (secondary N) is 1. The standard InChI is InChI=1S/C12H17N3O2/c1-7-5-11(16-2)15-12(13-7)14-9-6-8-3-4-10(9)17-8/h5,8-10H,3-4,6H2,1-2H3,(H,13,14,15). The third-order valence-corrected chi connectivity index (χ3v) is 3.46. The van der Waals surface area contributed by atoms with Gasteiger partial charge < -0.3 is 14.8 Å². The van der Waals surface area contributed by atoms with Crippen LogP contribution in [0, 0.1) is 6.92 Å². The van der Waals surface area contributed by atoms with Crippen molar-refractivity contribution in [1.29, 1.82) is 0 Å². The summed E-state index contributed by atoms with van der Waals surface area (Å²) in [6.07, 6.45) is 4.16. The van der Waals surface area contributed by atoms with E-state index in [1.54, 1.807) is 7.11 Å². The van der Waals surface area contributed by atoms with E-state index in [2.05, 4.69) is 15.3 Å². The largest absolute Gasteiger partial charge is 0.481 e. The van der Waals surface area contributed by atoms with Crippen LogP contribution in [0.3, 0.4) is 0 Å². The van der Waals surface area contributed by atoms with Crippen LogP contribution in [0.2, 0.25) is 0 Å². The van der Waals surface area contributed by atoms with Crippen molar-refractivity contribution in [3.8, 4) is 5.88 Å². The molecular weight excluding hydrogens is 218 g/mol. The van der Waals surface area contributed by atoms with Crippen LogP contribution in [0.1, 0.15) is 25.0 Å². The summed E-state index contributed by atoms with van der Waals surface area (Å²) in [5.74, 6) is 1.24. The van der Waals surface area contributed by atoms with E-state index < -0.39 is 0 Å². The fraction of sp³-hybridized carbons (Fsp3) is 0.667. The Kier molecular flexibility index (Phi) is 2.63. The second-order valence-corrected chi connectivity index (χ2v) is 4.74. The quantitative estimate of drug-likeness (QED) is 0.861. The van der Waals surface area contributed by atoms with E-state index in [4.69, 9.17) is 9.47 Å². The van der Waals surface area contributed by atoms with Crippen LogP contribution >= 0.6 is 0 Å². The lowest BCUT2D eigenvalue weighted by Gasteiger charge is -2.20. The van der Waals surface area contributed by atoms with Gasteiger partial charge in [0.15, 0.2) is 0 Å². The number of anilines is 1. The average molecular weight is 235 g/mol. The summed E-state index contributed by atoms with van der Waals surface area (Å²) < 4.78 is 10.9. The zero-order chi connectivity index (χ0) is 11.8. The highest BCUT2D eigenvalue weighted by atomic mass is 16.5. The van der Waals surface area contributed by atoms with Crippen LogP contribution < -0.4 is 10.1 Å². The molecule has 0 amide bonds. The van der Waals surface area contributed by atoms with Crippen LogP contribution in [-0.2, 0) is 4.74 Å². The molecule has 0 saturated carbocycles. The molecule has 0 spiro atoms. The Morgan fingerprint density at radius 1 is 1.41 bits per heavy atom. The molecule has 1 N–H and O–H groups in total. The molecule has 2 bridgehead atoms. The molecule has 3 rings (SSSR count). The van der Waals surface area contributed by atoms with Gasteiger partial charge >= 0.3 is 0 Å². The van der Waals surface area contributed by atoms with E-state index in [-0.39, 0.29) is 0 Å². The lowest BCUT2D eigenvalue weighted by Crippen LogP contribution is -2.31. The maximum Gasteiger partial charge on any atom is 0.226 e. The van der Waals surface area contributed by atoms with E-state index in [0.29, 0.717) is 30.1 Å². The highest BCUT2D eigenvalue weighted by Gasteiger charge is 2.41. The van der Waals surface area contributed by atoms with Gasteiger partial charge in [-0.2, -0.15) is 4.98 Å². The Hall–Kier alpha value is -1.36. The van der Waals surface area contributed by atoms with Gasteiger partial charge in [-0.25, -0.2) is 4.98 Å². The van der Waals surface area contributed by atoms with Gasteiger partial charge in [0.1, 0.15) is 0 Å². The molecule has 2 aliphatic heterocycles. The Morgan fingerprint density at radius 3 is 2.94 bits per heavy atom. The normalized spacial score (nSPS) is 30.6. The number of rotatable bonds is 3. The fourth-order valence-corrected chi connectivity index (χ4v) is 2.66. The van der Waals surface area contributed by atoms with Crippen LogP contribution in [0.4, 0.5) is 5.95 Å². The summed E-state index contributed by atoms with van der Waals surface area (Å²) in [4.78, 5) is 8.67. The van der Waals surface area contributed by atoms with Gasteiger partial charge in [0.05, 0.1) is 25.4 Å². The van der Waals surface area contributed by atoms with Crippen LogP contribution in [0.15, 0.2) is 6.07 Å². The number of methoxy groups -OCH3 is 1. The van der Waals surface area contributed by atoms with Crippen molar-refractivity contribution in [1.82, 2.24) is 9.97 Å². The molecule has 3 heterocycles. The maximum atomic E-state index is 5.79. The van der Waals surface area contributed by atoms with Gasteiger partial charge in [-0.1, -0.05) is 0 Å². The first-order valence-corrected chi connectivity index (χ1v) is 6.06. The van der Waals surface area contributed by atoms with Gasteiger partial charge in [-0.3, -0.25) is 0 Å². The molecule has 2 fully saturated rings. The second-order valence-electron chi connectivity index (χ2n) is 4.74. The van der Waals surface area contributed by atoms with Gasteiger partial charge in [0.25, 0.3) is 0 Å². The number of fused-ring (bicyclic) bond motifs is 2. The van der Waals surface area contributed by atoms with Crippen molar-refractivity contribution in [3.05, 3.63) is 11.8 Å². The van der Waals surface area contributed by atoms with Crippen molar-refractivity contribution in [2.45, 2.75) is 44.4 Å². The monoisotopic (exact) mass is 235 g/mol. The topological polar surface area (TPSA) is 56.3 Å². The van der Waals surface area contributed by atoms with Crippen molar-refractivity contribution in [2.75, 3.05) is 12.4 Å². The lowest BCUT2D eigenvalue weighted by molar-refractivity contribution is 0.102. The third kappa shape index (κ3) is 2.07. The molecule has 3 atom stereocenters. The summed E-state index contributed by atoms with van der Waals surface area (Å²) in [6, 6.07) is 2.17. The van der Waals surface area contributed by atoms with Crippen LogP contribution in [-0.4, -0.2) is 35.3 Å². The molecule has 0 aliphatic carbocycles. The minimum Gasteiger partial charge on any atom is -0.481 e. The van der Waals surface area contributed by atoms with Gasteiger partial charge in [0.2, 0.25) is 11.8 Å². The average Bonchev–Trinajstić information content (AvgIpc) is 2.90. The third-order valence-electron chi connectivity index (χ3n) is 3.46. The SMILES string of the molecule is COc1cc(C)nc(NC2CC3CCC2O3)n1. The summed E-state index contributed by atoms with van der Waals surface area (Å²) in [7, 11) is 1.62. The smallest absolute Gasteiger partial charge is 0.226 e. The van der Waals surface area contributed by atoms with Crippen molar-refractivity contribution < 1.29 is 9.47 Å². The Labute approximate surface area is 101 Å². The Bertz CT molecular complexity index is 424. The minimum absolute atomic E-state index is 0.329. The number of aromatic nitrogens is 2. The van der Waals surface area contributed by atoms with Gasteiger partial charge in [-0.15, -0.1) is 0 Å². The first kappa shape index (κ1) is 10.8. The molecule has 92 valence electrons. The molecule has 5 nitrogen and oxygen atoms in total. The summed E-state index contributed by atoms with van der Waals surface area (Å²) in [5.41, 5.74) is 0.906. The molecule has 2 aliphatic rings. The van der Waals surface area contributed by atoms with Crippen LogP contribution in [0.25, 0.3) is 0 Å². The molecule has 3 unspecified atom stereocenters. The predicted octanol–water partition coefficient (Wildman–Crippen LogP) is 1.53. The maximum absolute atomic E-state index is 5.79. The second kappa shape index (κ2) is 4.14. The van der Waals surface area contributed by atoms with E-state index in [1.807, 2.05) is 13.0 Å². The Balaban J connectivity index is 1.74. The predicted molar refractivity (Wildman–Crippen MR) is 63.2 cm³/mol. The molecule has 2 saturated heterocycles. The highest BCUT2D eigenvalue weighted by Crippen LogP contribution is 2.35. The zero-order valence-corrected chi connectivity index (χ0v) is 10.1. The molecule has 0 radical (unpaired) electrons. The lowest BCUT2D eigenvalue weighted by atomic mass is 9.96. The highest BCUT2D eigenvalue weighted by molar-refractivity contribution is 5.32. The van der Waals surface area contributed by atoms with Crippen molar-refractivity contribution in [3.63, 3.8) is 0 Å². The molecule has 1 aromatic rings.